The van der Waals surface area contributed by atoms with E-state index in [1.54, 1.807) is 7.11 Å². The Morgan fingerprint density at radius 3 is 2.95 bits per heavy atom. The Hall–Kier alpha value is -0.940. The first-order valence-electron chi connectivity index (χ1n) is 7.48. The van der Waals surface area contributed by atoms with Crippen LogP contribution in [0.15, 0.2) is 24.3 Å². The van der Waals surface area contributed by atoms with E-state index in [4.69, 9.17) is 15.2 Å². The SMILES string of the molecule is COCc1cccc(C2C(CN)OCCN2C2CC2)c1. The molecule has 1 aliphatic heterocycles. The quantitative estimate of drug-likeness (QED) is 0.889. The minimum absolute atomic E-state index is 0.0992. The van der Waals surface area contributed by atoms with Crippen molar-refractivity contribution in [2.24, 2.45) is 5.73 Å². The first-order valence-corrected chi connectivity index (χ1v) is 7.48. The minimum atomic E-state index is 0.0992. The summed E-state index contributed by atoms with van der Waals surface area (Å²) < 4.78 is 11.1. The van der Waals surface area contributed by atoms with Gasteiger partial charge < -0.3 is 15.2 Å². The molecular weight excluding hydrogens is 252 g/mol. The summed E-state index contributed by atoms with van der Waals surface area (Å²) in [6, 6.07) is 9.66. The van der Waals surface area contributed by atoms with Crippen molar-refractivity contribution in [3.8, 4) is 0 Å². The van der Waals surface area contributed by atoms with E-state index in [-0.39, 0.29) is 12.1 Å². The van der Waals surface area contributed by atoms with Crippen LogP contribution < -0.4 is 5.73 Å². The molecule has 2 N–H and O–H groups in total. The van der Waals surface area contributed by atoms with Crippen LogP contribution in [0, 0.1) is 0 Å². The average Bonchev–Trinajstić information content (AvgIpc) is 3.31. The van der Waals surface area contributed by atoms with Crippen molar-refractivity contribution < 1.29 is 9.47 Å². The number of hydrogen-bond donors (Lipinski definition) is 1. The molecule has 1 aromatic carbocycles. The Balaban J connectivity index is 1.87. The Labute approximate surface area is 120 Å². The van der Waals surface area contributed by atoms with Gasteiger partial charge in [0.05, 0.1) is 25.4 Å². The third kappa shape index (κ3) is 2.88. The number of hydrogen-bond acceptors (Lipinski definition) is 4. The van der Waals surface area contributed by atoms with Gasteiger partial charge in [0.1, 0.15) is 0 Å². The molecule has 4 nitrogen and oxygen atoms in total. The Morgan fingerprint density at radius 2 is 2.25 bits per heavy atom. The lowest BCUT2D eigenvalue weighted by Crippen LogP contribution is -2.49. The smallest absolute Gasteiger partial charge is 0.0894 e. The lowest BCUT2D eigenvalue weighted by atomic mass is 9.96. The van der Waals surface area contributed by atoms with Gasteiger partial charge in [0.2, 0.25) is 0 Å². The first kappa shape index (κ1) is 14.0. The first-order chi connectivity index (χ1) is 9.83. The van der Waals surface area contributed by atoms with Crippen LogP contribution in [0.5, 0.6) is 0 Å². The molecule has 1 heterocycles. The van der Waals surface area contributed by atoms with Crippen LogP contribution in [0.1, 0.15) is 30.0 Å². The van der Waals surface area contributed by atoms with Gasteiger partial charge in [-0.25, -0.2) is 0 Å². The molecule has 0 amide bonds. The van der Waals surface area contributed by atoms with E-state index in [0.717, 1.165) is 19.2 Å². The molecule has 1 aromatic rings. The van der Waals surface area contributed by atoms with Gasteiger partial charge in [0.15, 0.2) is 0 Å². The van der Waals surface area contributed by atoms with Crippen LogP contribution in [-0.2, 0) is 16.1 Å². The predicted molar refractivity (Wildman–Crippen MR) is 78.4 cm³/mol. The molecule has 4 heteroatoms. The molecule has 1 saturated carbocycles. The fraction of sp³-hybridized carbons (Fsp3) is 0.625. The fourth-order valence-corrected chi connectivity index (χ4v) is 3.21. The Kier molecular flexibility index (Phi) is 4.36. The maximum atomic E-state index is 5.93. The summed E-state index contributed by atoms with van der Waals surface area (Å²) in [5.74, 6) is 0. The minimum Gasteiger partial charge on any atom is -0.380 e. The summed E-state index contributed by atoms with van der Waals surface area (Å²) in [5, 5.41) is 0. The van der Waals surface area contributed by atoms with Crippen LogP contribution in [-0.4, -0.2) is 43.9 Å². The Morgan fingerprint density at radius 1 is 1.40 bits per heavy atom. The van der Waals surface area contributed by atoms with Gasteiger partial charge >= 0.3 is 0 Å². The van der Waals surface area contributed by atoms with Crippen molar-refractivity contribution in [1.29, 1.82) is 0 Å². The van der Waals surface area contributed by atoms with Gasteiger partial charge in [-0.3, -0.25) is 4.90 Å². The van der Waals surface area contributed by atoms with Gasteiger partial charge in [-0.2, -0.15) is 0 Å². The van der Waals surface area contributed by atoms with Gasteiger partial charge in [-0.1, -0.05) is 24.3 Å². The van der Waals surface area contributed by atoms with E-state index in [9.17, 15) is 0 Å². The molecule has 0 spiro atoms. The average molecular weight is 276 g/mol. The number of nitrogens with two attached hydrogens (primary N) is 1. The second kappa shape index (κ2) is 6.22. The highest BCUT2D eigenvalue weighted by molar-refractivity contribution is 5.27. The number of ether oxygens (including phenoxy) is 2. The molecule has 20 heavy (non-hydrogen) atoms. The van der Waals surface area contributed by atoms with Crippen LogP contribution in [0.3, 0.4) is 0 Å². The van der Waals surface area contributed by atoms with Gasteiger partial charge in [0.25, 0.3) is 0 Å². The van der Waals surface area contributed by atoms with Gasteiger partial charge in [0, 0.05) is 26.2 Å². The fourth-order valence-electron chi connectivity index (χ4n) is 3.21. The number of morpholine rings is 1. The highest BCUT2D eigenvalue weighted by Gasteiger charge is 2.40. The van der Waals surface area contributed by atoms with E-state index < -0.39 is 0 Å². The van der Waals surface area contributed by atoms with Crippen molar-refractivity contribution in [2.45, 2.75) is 37.6 Å². The van der Waals surface area contributed by atoms with Crippen LogP contribution in [0.25, 0.3) is 0 Å². The van der Waals surface area contributed by atoms with E-state index in [0.29, 0.717) is 13.2 Å². The maximum absolute atomic E-state index is 5.93. The monoisotopic (exact) mass is 276 g/mol. The summed E-state index contributed by atoms with van der Waals surface area (Å²) in [5.41, 5.74) is 8.45. The number of benzene rings is 1. The number of nitrogens with zero attached hydrogens (tertiary/aromatic N) is 1. The zero-order valence-electron chi connectivity index (χ0n) is 12.1. The molecule has 0 bridgehead atoms. The second-order valence-electron chi connectivity index (χ2n) is 5.74. The largest absolute Gasteiger partial charge is 0.380 e. The summed E-state index contributed by atoms with van der Waals surface area (Å²) in [7, 11) is 1.73. The third-order valence-corrected chi connectivity index (χ3v) is 4.24. The summed E-state index contributed by atoms with van der Waals surface area (Å²) >= 11 is 0. The second-order valence-corrected chi connectivity index (χ2v) is 5.74. The highest BCUT2D eigenvalue weighted by Crippen LogP contribution is 2.38. The third-order valence-electron chi connectivity index (χ3n) is 4.24. The molecule has 2 atom stereocenters. The Bertz CT molecular complexity index is 448. The summed E-state index contributed by atoms with van der Waals surface area (Å²) in [4.78, 5) is 2.59. The molecule has 2 unspecified atom stereocenters. The molecule has 1 saturated heterocycles. The van der Waals surface area contributed by atoms with Crippen molar-refractivity contribution >= 4 is 0 Å². The topological polar surface area (TPSA) is 47.7 Å². The molecule has 3 rings (SSSR count). The van der Waals surface area contributed by atoms with E-state index in [2.05, 4.69) is 29.2 Å². The van der Waals surface area contributed by atoms with Crippen LogP contribution >= 0.6 is 0 Å². The lowest BCUT2D eigenvalue weighted by molar-refractivity contribution is -0.0712. The van der Waals surface area contributed by atoms with Crippen molar-refractivity contribution in [2.75, 3.05) is 26.8 Å². The zero-order chi connectivity index (χ0) is 13.9. The van der Waals surface area contributed by atoms with Crippen molar-refractivity contribution in [3.05, 3.63) is 35.4 Å². The summed E-state index contributed by atoms with van der Waals surface area (Å²) in [6.45, 7) is 3.04. The van der Waals surface area contributed by atoms with Gasteiger partial charge in [-0.15, -0.1) is 0 Å². The zero-order valence-corrected chi connectivity index (χ0v) is 12.1. The normalized spacial score (nSPS) is 27.7. The highest BCUT2D eigenvalue weighted by atomic mass is 16.5. The van der Waals surface area contributed by atoms with Crippen LogP contribution in [0.4, 0.5) is 0 Å². The van der Waals surface area contributed by atoms with E-state index >= 15 is 0 Å². The number of rotatable bonds is 5. The standard InChI is InChI=1S/C16H24N2O2/c1-19-11-12-3-2-4-13(9-12)16-15(10-17)20-8-7-18(16)14-5-6-14/h2-4,9,14-16H,5-8,10-11,17H2,1H3. The molecule has 1 aliphatic carbocycles. The van der Waals surface area contributed by atoms with Crippen molar-refractivity contribution in [1.82, 2.24) is 4.90 Å². The van der Waals surface area contributed by atoms with E-state index in [1.807, 2.05) is 0 Å². The molecule has 2 aliphatic rings. The maximum Gasteiger partial charge on any atom is 0.0894 e. The molecule has 0 radical (unpaired) electrons. The molecule has 2 fully saturated rings. The summed E-state index contributed by atoms with van der Waals surface area (Å²) in [6.07, 6.45) is 2.72. The lowest BCUT2D eigenvalue weighted by Gasteiger charge is -2.41. The van der Waals surface area contributed by atoms with Crippen molar-refractivity contribution in [3.63, 3.8) is 0 Å². The van der Waals surface area contributed by atoms with Gasteiger partial charge in [-0.05, 0) is 24.0 Å². The molecule has 0 aromatic heterocycles. The predicted octanol–water partition coefficient (Wildman–Crippen LogP) is 1.70. The van der Waals surface area contributed by atoms with E-state index in [1.165, 1.54) is 24.0 Å². The van der Waals surface area contributed by atoms with Crippen LogP contribution in [0.2, 0.25) is 0 Å². The molecular formula is C16H24N2O2. The number of methoxy groups -OCH3 is 1. The molecule has 110 valence electrons.